The standard InChI is InChI=1S/C24H29ClF3N3O/c1-3-30(4-2)23(32)22-13-21(16-31(22)15-18-7-11-20(25)12-8-18)29-14-17-5-9-19(10-6-17)24(26,27)28/h5-12,21-22,29H,3-4,13-16H2,1-2H3/t21-,22-/m0/s1. The summed E-state index contributed by atoms with van der Waals surface area (Å²) in [5, 5.41) is 4.09. The summed E-state index contributed by atoms with van der Waals surface area (Å²) in [6.07, 6.45) is -3.68. The SMILES string of the molecule is CCN(CC)C(=O)[C@@H]1C[C@H](NCc2ccc(C(F)(F)F)cc2)CN1Cc1ccc(Cl)cc1. The Morgan fingerprint density at radius 1 is 1.06 bits per heavy atom. The van der Waals surface area contributed by atoms with Gasteiger partial charge in [0, 0.05) is 43.8 Å². The number of benzene rings is 2. The van der Waals surface area contributed by atoms with Crippen LogP contribution in [0.2, 0.25) is 5.02 Å². The van der Waals surface area contributed by atoms with E-state index in [4.69, 9.17) is 11.6 Å². The van der Waals surface area contributed by atoms with Gasteiger partial charge in [-0.1, -0.05) is 35.9 Å². The highest BCUT2D eigenvalue weighted by molar-refractivity contribution is 6.30. The number of nitrogens with zero attached hydrogens (tertiary/aromatic N) is 2. The summed E-state index contributed by atoms with van der Waals surface area (Å²) in [4.78, 5) is 17.2. The summed E-state index contributed by atoms with van der Waals surface area (Å²) in [5.74, 6) is 0.114. The molecule has 1 heterocycles. The second-order valence-corrected chi connectivity index (χ2v) is 8.53. The minimum atomic E-state index is -4.34. The van der Waals surface area contributed by atoms with Gasteiger partial charge in [-0.05, 0) is 55.7 Å². The first-order valence-electron chi connectivity index (χ1n) is 10.9. The van der Waals surface area contributed by atoms with E-state index in [1.165, 1.54) is 12.1 Å². The fraction of sp³-hybridized carbons (Fsp3) is 0.458. The number of nitrogens with one attached hydrogen (secondary N) is 1. The Kier molecular flexibility index (Phi) is 8.20. The summed E-state index contributed by atoms with van der Waals surface area (Å²) >= 11 is 6.00. The van der Waals surface area contributed by atoms with E-state index in [0.29, 0.717) is 44.2 Å². The largest absolute Gasteiger partial charge is 0.416 e. The molecule has 0 aromatic heterocycles. The molecule has 1 saturated heterocycles. The predicted octanol–water partition coefficient (Wildman–Crippen LogP) is 4.96. The number of hydrogen-bond donors (Lipinski definition) is 1. The van der Waals surface area contributed by atoms with Gasteiger partial charge in [-0.15, -0.1) is 0 Å². The van der Waals surface area contributed by atoms with Crippen LogP contribution in [0.4, 0.5) is 13.2 Å². The highest BCUT2D eigenvalue weighted by atomic mass is 35.5. The predicted molar refractivity (Wildman–Crippen MR) is 120 cm³/mol. The van der Waals surface area contributed by atoms with Crippen LogP contribution in [0.15, 0.2) is 48.5 Å². The Labute approximate surface area is 192 Å². The molecule has 0 saturated carbocycles. The molecular weight excluding hydrogens is 439 g/mol. The number of likely N-dealkylation sites (N-methyl/N-ethyl adjacent to an activating group) is 1. The molecular formula is C24H29ClF3N3O. The van der Waals surface area contributed by atoms with E-state index in [0.717, 1.165) is 23.3 Å². The Bertz CT molecular complexity index is 883. The second kappa shape index (κ2) is 10.7. The van der Waals surface area contributed by atoms with Crippen LogP contribution >= 0.6 is 11.6 Å². The highest BCUT2D eigenvalue weighted by Crippen LogP contribution is 2.29. The lowest BCUT2D eigenvalue weighted by molar-refractivity contribution is -0.137. The molecule has 0 radical (unpaired) electrons. The van der Waals surface area contributed by atoms with Gasteiger partial charge < -0.3 is 10.2 Å². The van der Waals surface area contributed by atoms with Crippen molar-refractivity contribution in [3.05, 3.63) is 70.2 Å². The molecule has 3 rings (SSSR count). The van der Waals surface area contributed by atoms with Crippen LogP contribution in [-0.4, -0.2) is 47.4 Å². The Balaban J connectivity index is 1.67. The van der Waals surface area contributed by atoms with Gasteiger partial charge in [-0.3, -0.25) is 9.69 Å². The summed E-state index contributed by atoms with van der Waals surface area (Å²) in [6.45, 7) is 7.02. The van der Waals surface area contributed by atoms with E-state index in [2.05, 4.69) is 10.2 Å². The van der Waals surface area contributed by atoms with Crippen molar-refractivity contribution >= 4 is 17.5 Å². The van der Waals surface area contributed by atoms with Crippen LogP contribution in [0.1, 0.15) is 37.0 Å². The maximum absolute atomic E-state index is 13.1. The fourth-order valence-electron chi connectivity index (χ4n) is 4.13. The van der Waals surface area contributed by atoms with Crippen LogP contribution in [0.25, 0.3) is 0 Å². The zero-order valence-electron chi connectivity index (χ0n) is 18.3. The molecule has 0 unspecified atom stereocenters. The molecule has 0 bridgehead atoms. The summed E-state index contributed by atoms with van der Waals surface area (Å²) in [7, 11) is 0. The molecule has 1 N–H and O–H groups in total. The molecule has 0 spiro atoms. The van der Waals surface area contributed by atoms with Crippen molar-refractivity contribution in [1.29, 1.82) is 0 Å². The van der Waals surface area contributed by atoms with Crippen molar-refractivity contribution in [2.45, 2.75) is 51.6 Å². The van der Waals surface area contributed by atoms with E-state index >= 15 is 0 Å². The minimum absolute atomic E-state index is 0.0640. The Morgan fingerprint density at radius 2 is 1.66 bits per heavy atom. The first kappa shape index (κ1) is 24.6. The maximum atomic E-state index is 13.1. The zero-order chi connectivity index (χ0) is 23.3. The van der Waals surface area contributed by atoms with Gasteiger partial charge in [-0.25, -0.2) is 0 Å². The average Bonchev–Trinajstić information content (AvgIpc) is 3.17. The van der Waals surface area contributed by atoms with Crippen LogP contribution in [-0.2, 0) is 24.1 Å². The molecule has 1 amide bonds. The molecule has 2 aromatic carbocycles. The van der Waals surface area contributed by atoms with E-state index < -0.39 is 11.7 Å². The third-order valence-corrected chi connectivity index (χ3v) is 6.19. The van der Waals surface area contributed by atoms with Gasteiger partial charge >= 0.3 is 6.18 Å². The van der Waals surface area contributed by atoms with Gasteiger partial charge in [0.15, 0.2) is 0 Å². The van der Waals surface area contributed by atoms with Crippen molar-refractivity contribution in [3.63, 3.8) is 0 Å². The van der Waals surface area contributed by atoms with Gasteiger partial charge in [0.2, 0.25) is 5.91 Å². The quantitative estimate of drug-likeness (QED) is 0.596. The normalized spacial score (nSPS) is 19.3. The van der Waals surface area contributed by atoms with E-state index in [1.807, 2.05) is 43.0 Å². The molecule has 4 nitrogen and oxygen atoms in total. The van der Waals surface area contributed by atoms with Gasteiger partial charge in [0.25, 0.3) is 0 Å². The lowest BCUT2D eigenvalue weighted by Crippen LogP contribution is -2.45. The maximum Gasteiger partial charge on any atom is 0.416 e. The smallest absolute Gasteiger partial charge is 0.342 e. The van der Waals surface area contributed by atoms with Crippen molar-refractivity contribution in [2.24, 2.45) is 0 Å². The molecule has 2 aromatic rings. The van der Waals surface area contributed by atoms with Gasteiger partial charge in [-0.2, -0.15) is 13.2 Å². The molecule has 0 aliphatic carbocycles. The highest BCUT2D eigenvalue weighted by Gasteiger charge is 2.38. The van der Waals surface area contributed by atoms with Gasteiger partial charge in [0.1, 0.15) is 0 Å². The molecule has 32 heavy (non-hydrogen) atoms. The number of hydrogen-bond acceptors (Lipinski definition) is 3. The number of carbonyl (C=O) groups excluding carboxylic acids is 1. The lowest BCUT2D eigenvalue weighted by Gasteiger charge is -2.28. The van der Waals surface area contributed by atoms with Crippen LogP contribution in [0, 0.1) is 0 Å². The Hall–Kier alpha value is -2.09. The number of amides is 1. The summed E-state index contributed by atoms with van der Waals surface area (Å²) in [6, 6.07) is 12.6. The van der Waals surface area contributed by atoms with E-state index in [1.54, 1.807) is 0 Å². The minimum Gasteiger partial charge on any atom is -0.342 e. The second-order valence-electron chi connectivity index (χ2n) is 8.09. The first-order chi connectivity index (χ1) is 15.2. The van der Waals surface area contributed by atoms with Crippen molar-refractivity contribution < 1.29 is 18.0 Å². The van der Waals surface area contributed by atoms with E-state index in [9.17, 15) is 18.0 Å². The lowest BCUT2D eigenvalue weighted by atomic mass is 10.1. The molecule has 174 valence electrons. The molecule has 2 atom stereocenters. The van der Waals surface area contributed by atoms with Crippen molar-refractivity contribution in [1.82, 2.24) is 15.1 Å². The van der Waals surface area contributed by atoms with Crippen molar-refractivity contribution in [2.75, 3.05) is 19.6 Å². The topological polar surface area (TPSA) is 35.6 Å². The third kappa shape index (κ3) is 6.24. The number of carbonyl (C=O) groups is 1. The Morgan fingerprint density at radius 3 is 2.22 bits per heavy atom. The zero-order valence-corrected chi connectivity index (χ0v) is 19.1. The number of likely N-dealkylation sites (tertiary alicyclic amines) is 1. The molecule has 1 aliphatic rings. The molecule has 1 aliphatic heterocycles. The number of halogens is 4. The van der Waals surface area contributed by atoms with Gasteiger partial charge in [0.05, 0.1) is 11.6 Å². The first-order valence-corrected chi connectivity index (χ1v) is 11.3. The van der Waals surface area contributed by atoms with E-state index in [-0.39, 0.29) is 18.0 Å². The van der Waals surface area contributed by atoms with Crippen LogP contribution in [0.3, 0.4) is 0 Å². The average molecular weight is 468 g/mol. The van der Waals surface area contributed by atoms with Crippen molar-refractivity contribution in [3.8, 4) is 0 Å². The summed E-state index contributed by atoms with van der Waals surface area (Å²) in [5.41, 5.74) is 1.21. The third-order valence-electron chi connectivity index (χ3n) is 5.94. The molecule has 8 heteroatoms. The molecule has 1 fully saturated rings. The number of rotatable bonds is 8. The number of alkyl halides is 3. The fourth-order valence-corrected chi connectivity index (χ4v) is 4.25. The van der Waals surface area contributed by atoms with Crippen LogP contribution < -0.4 is 5.32 Å². The summed E-state index contributed by atoms with van der Waals surface area (Å²) < 4.78 is 38.3. The van der Waals surface area contributed by atoms with Crippen LogP contribution in [0.5, 0.6) is 0 Å². The monoisotopic (exact) mass is 467 g/mol.